The van der Waals surface area contributed by atoms with Crippen LogP contribution in [0.4, 0.5) is 0 Å². The summed E-state index contributed by atoms with van der Waals surface area (Å²) in [6, 6.07) is 21.3. The number of pyridine rings is 1. The van der Waals surface area contributed by atoms with E-state index >= 15 is 0 Å². The van der Waals surface area contributed by atoms with Crippen molar-refractivity contribution < 1.29 is 4.74 Å². The van der Waals surface area contributed by atoms with Gasteiger partial charge in [-0.05, 0) is 81.0 Å². The molecule has 1 aliphatic rings. The fraction of sp³-hybridized carbons (Fsp3) is 0.321. The Morgan fingerprint density at radius 1 is 0.879 bits per heavy atom. The maximum Gasteiger partial charge on any atom is 0.137 e. The molecule has 0 N–H and O–H groups in total. The van der Waals surface area contributed by atoms with E-state index in [0.29, 0.717) is 0 Å². The minimum Gasteiger partial charge on any atom is -0.497 e. The van der Waals surface area contributed by atoms with E-state index in [9.17, 15) is 0 Å². The molecule has 0 spiro atoms. The van der Waals surface area contributed by atoms with E-state index in [-0.39, 0.29) is 0 Å². The summed E-state index contributed by atoms with van der Waals surface area (Å²) in [6.45, 7) is 7.46. The number of aryl methyl sites for hydroxylation is 1. The van der Waals surface area contributed by atoms with Crippen molar-refractivity contribution in [2.24, 2.45) is 0 Å². The zero-order chi connectivity index (χ0) is 22.8. The zero-order valence-electron chi connectivity index (χ0n) is 19.8. The molecule has 0 saturated carbocycles. The molecule has 170 valence electrons. The number of nitrogens with zero attached hydrogens (tertiary/aromatic N) is 4. The van der Waals surface area contributed by atoms with E-state index in [1.165, 1.54) is 28.8 Å². The molecule has 5 nitrogen and oxygen atoms in total. The first-order valence-corrected chi connectivity index (χ1v) is 11.7. The van der Waals surface area contributed by atoms with E-state index in [1.54, 1.807) is 7.11 Å². The molecule has 1 saturated heterocycles. The van der Waals surface area contributed by atoms with Crippen LogP contribution in [0.2, 0.25) is 0 Å². The number of hydrogen-bond donors (Lipinski definition) is 0. The second kappa shape index (κ2) is 9.38. The van der Waals surface area contributed by atoms with Gasteiger partial charge in [0.2, 0.25) is 0 Å². The Bertz CT molecular complexity index is 1240. The lowest BCUT2D eigenvalue weighted by atomic mass is 10.1. The van der Waals surface area contributed by atoms with Crippen LogP contribution in [0.15, 0.2) is 66.9 Å². The summed E-state index contributed by atoms with van der Waals surface area (Å²) >= 11 is 0. The highest BCUT2D eigenvalue weighted by molar-refractivity contribution is 5.70. The van der Waals surface area contributed by atoms with E-state index < -0.39 is 0 Å². The molecule has 2 aromatic heterocycles. The molecular weight excluding hydrogens is 408 g/mol. The lowest BCUT2D eigenvalue weighted by Gasteiger charge is -2.21. The third-order valence-electron chi connectivity index (χ3n) is 6.62. The third-order valence-corrected chi connectivity index (χ3v) is 6.62. The van der Waals surface area contributed by atoms with Crippen molar-refractivity contribution >= 4 is 5.65 Å². The Labute approximate surface area is 196 Å². The second-order valence-electron chi connectivity index (χ2n) is 9.08. The van der Waals surface area contributed by atoms with Crippen molar-refractivity contribution in [1.29, 1.82) is 0 Å². The SMILES string of the molecule is COc1ccc(-c2nc3ccc(-c4cccc(C)c4)cn3c2CN2CCCN(C)CC2)cc1. The summed E-state index contributed by atoms with van der Waals surface area (Å²) < 4.78 is 7.67. The normalized spacial score (nSPS) is 15.6. The van der Waals surface area contributed by atoms with Gasteiger partial charge in [-0.1, -0.05) is 29.8 Å². The standard InChI is InChI=1S/C28H32N4O/c1-21-6-4-7-23(18-21)24-10-13-27-29-28(22-8-11-25(33-3)12-9-22)26(32(27)19-24)20-31-15-5-14-30(2)16-17-31/h4,6-13,18-19H,5,14-17,20H2,1-3H3. The minimum absolute atomic E-state index is 0.862. The Kier molecular flexibility index (Phi) is 6.16. The highest BCUT2D eigenvalue weighted by atomic mass is 16.5. The van der Waals surface area contributed by atoms with Crippen molar-refractivity contribution in [2.75, 3.05) is 40.3 Å². The monoisotopic (exact) mass is 440 g/mol. The van der Waals surface area contributed by atoms with Gasteiger partial charge in [-0.2, -0.15) is 0 Å². The molecule has 4 aromatic rings. The van der Waals surface area contributed by atoms with Crippen LogP contribution in [0.3, 0.4) is 0 Å². The van der Waals surface area contributed by atoms with Gasteiger partial charge in [0.15, 0.2) is 0 Å². The lowest BCUT2D eigenvalue weighted by molar-refractivity contribution is 0.266. The molecular formula is C28H32N4O. The smallest absolute Gasteiger partial charge is 0.137 e. The molecule has 0 atom stereocenters. The van der Waals surface area contributed by atoms with Crippen LogP contribution in [0, 0.1) is 6.92 Å². The number of benzene rings is 2. The number of rotatable bonds is 5. The largest absolute Gasteiger partial charge is 0.497 e. The van der Waals surface area contributed by atoms with Crippen LogP contribution in [0.25, 0.3) is 28.0 Å². The molecule has 1 fully saturated rings. The topological polar surface area (TPSA) is 33.0 Å². The molecule has 0 unspecified atom stereocenters. The Balaban J connectivity index is 1.60. The van der Waals surface area contributed by atoms with Gasteiger partial charge in [0.1, 0.15) is 11.4 Å². The van der Waals surface area contributed by atoms with E-state index in [0.717, 1.165) is 55.4 Å². The average Bonchev–Trinajstić information content (AvgIpc) is 3.06. The number of fused-ring (bicyclic) bond motifs is 1. The molecule has 2 aromatic carbocycles. The number of methoxy groups -OCH3 is 1. The fourth-order valence-corrected chi connectivity index (χ4v) is 4.69. The quantitative estimate of drug-likeness (QED) is 0.431. The van der Waals surface area contributed by atoms with Crippen LogP contribution in [-0.4, -0.2) is 59.5 Å². The number of aromatic nitrogens is 2. The van der Waals surface area contributed by atoms with Gasteiger partial charge in [0, 0.05) is 31.4 Å². The van der Waals surface area contributed by atoms with Crippen molar-refractivity contribution in [1.82, 2.24) is 19.2 Å². The van der Waals surface area contributed by atoms with Crippen LogP contribution in [0.1, 0.15) is 17.7 Å². The van der Waals surface area contributed by atoms with Crippen molar-refractivity contribution in [3.63, 3.8) is 0 Å². The summed E-state index contributed by atoms with van der Waals surface area (Å²) in [5.74, 6) is 0.862. The second-order valence-corrected chi connectivity index (χ2v) is 9.08. The van der Waals surface area contributed by atoms with Crippen molar-refractivity contribution in [3.8, 4) is 28.1 Å². The molecule has 0 bridgehead atoms. The number of likely N-dealkylation sites (N-methyl/N-ethyl adjacent to an activating group) is 1. The van der Waals surface area contributed by atoms with Gasteiger partial charge in [-0.25, -0.2) is 4.98 Å². The molecule has 0 amide bonds. The number of hydrogen-bond acceptors (Lipinski definition) is 4. The summed E-state index contributed by atoms with van der Waals surface area (Å²) in [5.41, 5.74) is 8.12. The molecule has 5 heteroatoms. The number of ether oxygens (including phenoxy) is 1. The molecule has 0 radical (unpaired) electrons. The van der Waals surface area contributed by atoms with Crippen molar-refractivity contribution in [2.45, 2.75) is 19.9 Å². The first-order valence-electron chi connectivity index (χ1n) is 11.7. The predicted molar refractivity (Wildman–Crippen MR) is 135 cm³/mol. The Morgan fingerprint density at radius 3 is 2.48 bits per heavy atom. The first kappa shape index (κ1) is 21.7. The molecule has 33 heavy (non-hydrogen) atoms. The fourth-order valence-electron chi connectivity index (χ4n) is 4.69. The Hall–Kier alpha value is -3.15. The third kappa shape index (κ3) is 4.65. The molecule has 3 heterocycles. The van der Waals surface area contributed by atoms with Gasteiger partial charge >= 0.3 is 0 Å². The van der Waals surface area contributed by atoms with Crippen LogP contribution >= 0.6 is 0 Å². The van der Waals surface area contributed by atoms with Crippen molar-refractivity contribution in [3.05, 3.63) is 78.1 Å². The van der Waals surface area contributed by atoms with Crippen LogP contribution in [0.5, 0.6) is 5.75 Å². The van der Waals surface area contributed by atoms with Crippen LogP contribution in [-0.2, 0) is 6.54 Å². The molecule has 1 aliphatic heterocycles. The highest BCUT2D eigenvalue weighted by Gasteiger charge is 2.20. The highest BCUT2D eigenvalue weighted by Crippen LogP contribution is 2.30. The lowest BCUT2D eigenvalue weighted by Crippen LogP contribution is -2.29. The molecule has 5 rings (SSSR count). The maximum atomic E-state index is 5.38. The number of imidazole rings is 1. The Morgan fingerprint density at radius 2 is 1.70 bits per heavy atom. The predicted octanol–water partition coefficient (Wildman–Crippen LogP) is 5.12. The van der Waals surface area contributed by atoms with E-state index in [4.69, 9.17) is 9.72 Å². The van der Waals surface area contributed by atoms with Gasteiger partial charge in [-0.3, -0.25) is 4.90 Å². The summed E-state index contributed by atoms with van der Waals surface area (Å²) in [4.78, 5) is 10.1. The maximum absolute atomic E-state index is 5.38. The first-order chi connectivity index (χ1) is 16.1. The van der Waals surface area contributed by atoms with Gasteiger partial charge in [-0.15, -0.1) is 0 Å². The summed E-state index contributed by atoms with van der Waals surface area (Å²) in [6.07, 6.45) is 3.45. The van der Waals surface area contributed by atoms with E-state index in [2.05, 4.69) is 82.9 Å². The summed E-state index contributed by atoms with van der Waals surface area (Å²) in [7, 11) is 3.92. The van der Waals surface area contributed by atoms with E-state index in [1.807, 2.05) is 12.1 Å². The van der Waals surface area contributed by atoms with Gasteiger partial charge < -0.3 is 14.0 Å². The van der Waals surface area contributed by atoms with Gasteiger partial charge in [0.25, 0.3) is 0 Å². The molecule has 0 aliphatic carbocycles. The minimum atomic E-state index is 0.862. The zero-order valence-corrected chi connectivity index (χ0v) is 19.8. The summed E-state index contributed by atoms with van der Waals surface area (Å²) in [5, 5.41) is 0. The average molecular weight is 441 g/mol. The van der Waals surface area contributed by atoms with Crippen LogP contribution < -0.4 is 4.74 Å². The van der Waals surface area contributed by atoms with Gasteiger partial charge in [0.05, 0.1) is 18.5 Å².